The predicted molar refractivity (Wildman–Crippen MR) is 106 cm³/mol. The first-order valence-corrected chi connectivity index (χ1v) is 9.86. The van der Waals surface area contributed by atoms with Gasteiger partial charge in [0, 0.05) is 12.5 Å². The second-order valence-corrected chi connectivity index (χ2v) is 7.71. The smallest absolute Gasteiger partial charge is 0.147 e. The molecule has 0 saturated carbocycles. The molecule has 1 aliphatic rings. The molecule has 0 aliphatic carbocycles. The summed E-state index contributed by atoms with van der Waals surface area (Å²) in [5.41, 5.74) is 2.17. The lowest BCUT2D eigenvalue weighted by Crippen LogP contribution is -2.33. The number of imidazole rings is 1. The van der Waals surface area contributed by atoms with E-state index in [9.17, 15) is 0 Å². The Labute approximate surface area is 160 Å². The van der Waals surface area contributed by atoms with Crippen LogP contribution >= 0.6 is 0 Å². The second kappa shape index (κ2) is 7.78. The highest BCUT2D eigenvalue weighted by atomic mass is 15.3. The minimum Gasteiger partial charge on any atom is -0.341 e. The number of nitrogens with zero attached hydrogens (tertiary/aromatic N) is 6. The van der Waals surface area contributed by atoms with Gasteiger partial charge >= 0.3 is 0 Å². The number of aromatic amines is 1. The first kappa shape index (κ1) is 18.1. The Bertz CT molecular complexity index is 854. The van der Waals surface area contributed by atoms with E-state index in [1.807, 2.05) is 12.1 Å². The molecular weight excluding hydrogens is 338 g/mol. The largest absolute Gasteiger partial charge is 0.341 e. The molecular formula is C20H29N7. The lowest BCUT2D eigenvalue weighted by atomic mass is 9.96. The van der Waals surface area contributed by atoms with Crippen LogP contribution in [0.3, 0.4) is 0 Å². The van der Waals surface area contributed by atoms with Gasteiger partial charge in [0.05, 0.1) is 24.1 Å². The van der Waals surface area contributed by atoms with E-state index >= 15 is 0 Å². The number of benzene rings is 1. The van der Waals surface area contributed by atoms with Crippen molar-refractivity contribution in [2.24, 2.45) is 0 Å². The van der Waals surface area contributed by atoms with E-state index in [2.05, 4.69) is 62.7 Å². The lowest BCUT2D eigenvalue weighted by Gasteiger charge is -2.31. The van der Waals surface area contributed by atoms with Crippen molar-refractivity contribution < 1.29 is 0 Å². The maximum absolute atomic E-state index is 4.71. The molecule has 27 heavy (non-hydrogen) atoms. The van der Waals surface area contributed by atoms with Crippen LogP contribution in [0.25, 0.3) is 11.0 Å². The fourth-order valence-corrected chi connectivity index (χ4v) is 4.04. The van der Waals surface area contributed by atoms with Gasteiger partial charge in [0.2, 0.25) is 0 Å². The zero-order valence-electron chi connectivity index (χ0n) is 16.5. The monoisotopic (exact) mass is 367 g/mol. The minimum atomic E-state index is 0.500. The van der Waals surface area contributed by atoms with E-state index in [1.54, 1.807) is 0 Å². The van der Waals surface area contributed by atoms with Gasteiger partial charge in [-0.25, -0.2) is 4.98 Å². The van der Waals surface area contributed by atoms with Crippen LogP contribution in [0, 0.1) is 0 Å². The molecule has 7 nitrogen and oxygen atoms in total. The fourth-order valence-electron chi connectivity index (χ4n) is 4.04. The van der Waals surface area contributed by atoms with Crippen molar-refractivity contribution in [3.63, 3.8) is 0 Å². The number of nitrogens with one attached hydrogen (secondary N) is 1. The van der Waals surface area contributed by atoms with Crippen LogP contribution < -0.4 is 0 Å². The van der Waals surface area contributed by atoms with Crippen molar-refractivity contribution in [3.8, 4) is 0 Å². The van der Waals surface area contributed by atoms with Gasteiger partial charge in [0.15, 0.2) is 0 Å². The van der Waals surface area contributed by atoms with Gasteiger partial charge < -0.3 is 14.5 Å². The number of aromatic nitrogens is 5. The first-order chi connectivity index (χ1) is 13.1. The zero-order chi connectivity index (χ0) is 18.8. The van der Waals surface area contributed by atoms with Gasteiger partial charge in [-0.2, -0.15) is 0 Å². The Morgan fingerprint density at radius 3 is 2.63 bits per heavy atom. The van der Waals surface area contributed by atoms with Gasteiger partial charge in [-0.1, -0.05) is 12.1 Å². The minimum absolute atomic E-state index is 0.500. The third kappa shape index (κ3) is 3.89. The summed E-state index contributed by atoms with van der Waals surface area (Å²) in [6.45, 7) is 6.98. The molecule has 1 fully saturated rings. The molecule has 0 atom stereocenters. The molecule has 0 spiro atoms. The molecule has 0 bridgehead atoms. The van der Waals surface area contributed by atoms with E-state index in [-0.39, 0.29) is 0 Å². The summed E-state index contributed by atoms with van der Waals surface area (Å²) in [7, 11) is 4.15. The number of H-pyrrole nitrogens is 1. The summed E-state index contributed by atoms with van der Waals surface area (Å²) >= 11 is 0. The number of hydrogen-bond donors (Lipinski definition) is 1. The number of rotatable bonds is 6. The molecule has 144 valence electrons. The highest BCUT2D eigenvalue weighted by Gasteiger charge is 2.26. The average molecular weight is 368 g/mol. The van der Waals surface area contributed by atoms with Crippen LogP contribution in [0.1, 0.15) is 43.2 Å². The number of likely N-dealkylation sites (tertiary alicyclic amines) is 1. The lowest BCUT2D eigenvalue weighted by molar-refractivity contribution is 0.196. The SMILES string of the molecule is CCn1c(CN(C)C)nnc1C1CCN(Cc2nc3ccccc3[nH]2)CC1. The first-order valence-electron chi connectivity index (χ1n) is 9.86. The van der Waals surface area contributed by atoms with E-state index in [0.717, 1.165) is 74.1 Å². The van der Waals surface area contributed by atoms with Crippen LogP contribution in [0.4, 0.5) is 0 Å². The maximum atomic E-state index is 4.71. The number of hydrogen-bond acceptors (Lipinski definition) is 5. The molecule has 1 N–H and O–H groups in total. The quantitative estimate of drug-likeness (QED) is 0.725. The third-order valence-corrected chi connectivity index (χ3v) is 5.39. The van der Waals surface area contributed by atoms with E-state index in [0.29, 0.717) is 5.92 Å². The van der Waals surface area contributed by atoms with Crippen LogP contribution in [0.15, 0.2) is 24.3 Å². The number of fused-ring (bicyclic) bond motifs is 1. The topological polar surface area (TPSA) is 65.9 Å². The van der Waals surface area contributed by atoms with Gasteiger partial charge in [0.1, 0.15) is 17.5 Å². The van der Waals surface area contributed by atoms with Gasteiger partial charge in [-0.3, -0.25) is 4.90 Å². The normalized spacial score (nSPS) is 16.6. The molecule has 1 saturated heterocycles. The Morgan fingerprint density at radius 1 is 1.15 bits per heavy atom. The van der Waals surface area contributed by atoms with Crippen molar-refractivity contribution in [1.29, 1.82) is 0 Å². The van der Waals surface area contributed by atoms with Crippen molar-refractivity contribution in [2.45, 2.75) is 45.3 Å². The van der Waals surface area contributed by atoms with Crippen molar-refractivity contribution >= 4 is 11.0 Å². The molecule has 4 rings (SSSR count). The Hall–Kier alpha value is -2.25. The molecule has 1 aliphatic heterocycles. The average Bonchev–Trinajstić information content (AvgIpc) is 3.25. The summed E-state index contributed by atoms with van der Waals surface area (Å²) in [6.07, 6.45) is 2.25. The molecule has 0 unspecified atom stereocenters. The maximum Gasteiger partial charge on any atom is 0.147 e. The molecule has 3 aromatic rings. The van der Waals surface area contributed by atoms with Gasteiger partial charge in [0.25, 0.3) is 0 Å². The number of para-hydroxylation sites is 2. The predicted octanol–water partition coefficient (Wildman–Crippen LogP) is 2.62. The highest BCUT2D eigenvalue weighted by molar-refractivity contribution is 5.74. The summed E-state index contributed by atoms with van der Waals surface area (Å²) in [5.74, 6) is 3.79. The molecule has 3 heterocycles. The summed E-state index contributed by atoms with van der Waals surface area (Å²) in [5, 5.41) is 9.01. The van der Waals surface area contributed by atoms with Crippen LogP contribution in [-0.4, -0.2) is 61.7 Å². The molecule has 0 radical (unpaired) electrons. The number of piperidine rings is 1. The summed E-state index contributed by atoms with van der Waals surface area (Å²) in [4.78, 5) is 12.8. The fraction of sp³-hybridized carbons (Fsp3) is 0.550. The Balaban J connectivity index is 1.39. The van der Waals surface area contributed by atoms with Crippen molar-refractivity contribution in [1.82, 2.24) is 34.5 Å². The molecule has 7 heteroatoms. The van der Waals surface area contributed by atoms with Crippen LogP contribution in [0.2, 0.25) is 0 Å². The second-order valence-electron chi connectivity index (χ2n) is 7.71. The Morgan fingerprint density at radius 2 is 1.93 bits per heavy atom. The van der Waals surface area contributed by atoms with Crippen LogP contribution in [0.5, 0.6) is 0 Å². The third-order valence-electron chi connectivity index (χ3n) is 5.39. The van der Waals surface area contributed by atoms with Crippen molar-refractivity contribution in [3.05, 3.63) is 41.7 Å². The summed E-state index contributed by atoms with van der Waals surface area (Å²) in [6, 6.07) is 8.22. The van der Waals surface area contributed by atoms with Crippen LogP contribution in [-0.2, 0) is 19.6 Å². The summed E-state index contributed by atoms with van der Waals surface area (Å²) < 4.78 is 2.31. The van der Waals surface area contributed by atoms with E-state index in [4.69, 9.17) is 4.98 Å². The molecule has 2 aromatic heterocycles. The zero-order valence-corrected chi connectivity index (χ0v) is 16.5. The van der Waals surface area contributed by atoms with E-state index in [1.165, 1.54) is 0 Å². The van der Waals surface area contributed by atoms with Crippen molar-refractivity contribution in [2.75, 3.05) is 27.2 Å². The molecule has 0 amide bonds. The van der Waals surface area contributed by atoms with Gasteiger partial charge in [-0.05, 0) is 59.1 Å². The standard InChI is InChI=1S/C20H29N7/c1-4-27-19(14-25(2)3)23-24-20(27)15-9-11-26(12-10-15)13-18-21-16-7-5-6-8-17(16)22-18/h5-8,15H,4,9-14H2,1-3H3,(H,21,22). The Kier molecular flexibility index (Phi) is 5.22. The van der Waals surface area contributed by atoms with Gasteiger partial charge in [-0.15, -0.1) is 10.2 Å². The van der Waals surface area contributed by atoms with E-state index < -0.39 is 0 Å². The molecule has 1 aromatic carbocycles. The highest BCUT2D eigenvalue weighted by Crippen LogP contribution is 2.28.